The average molecular weight is 462 g/mol. The van der Waals surface area contributed by atoms with E-state index in [4.69, 9.17) is 14.0 Å². The number of rotatable bonds is 8. The van der Waals surface area contributed by atoms with Crippen LogP contribution in [0.1, 0.15) is 0 Å². The topological polar surface area (TPSA) is 27.7 Å². The molecular formula is C30H29BNO3+. The zero-order chi connectivity index (χ0) is 24.5. The monoisotopic (exact) mass is 462 g/mol. The highest BCUT2D eigenvalue weighted by Gasteiger charge is 2.29. The molecule has 4 rings (SSSR count). The van der Waals surface area contributed by atoms with E-state index in [2.05, 4.69) is 57.4 Å². The molecule has 0 aromatic heterocycles. The molecule has 174 valence electrons. The van der Waals surface area contributed by atoms with E-state index in [0.29, 0.717) is 22.5 Å². The summed E-state index contributed by atoms with van der Waals surface area (Å²) in [6.07, 6.45) is 2.74. The third-order valence-corrected chi connectivity index (χ3v) is 5.17. The molecule has 0 saturated heterocycles. The van der Waals surface area contributed by atoms with Gasteiger partial charge in [0.05, 0.1) is 21.1 Å². The Hall–Kier alpha value is -4.14. The van der Waals surface area contributed by atoms with Gasteiger partial charge in [0.1, 0.15) is 24.2 Å². The van der Waals surface area contributed by atoms with E-state index in [0.717, 1.165) is 22.3 Å². The van der Waals surface area contributed by atoms with Gasteiger partial charge < -0.3 is 18.4 Å². The molecule has 0 spiro atoms. The summed E-state index contributed by atoms with van der Waals surface area (Å²) >= 11 is 0. The van der Waals surface area contributed by atoms with Crippen molar-refractivity contribution in [2.45, 2.75) is 0 Å². The smallest absolute Gasteiger partial charge is 0.489 e. The van der Waals surface area contributed by atoms with Crippen LogP contribution in [-0.4, -0.2) is 39.5 Å². The van der Waals surface area contributed by atoms with Gasteiger partial charge in [0.2, 0.25) is 0 Å². The highest BCUT2D eigenvalue weighted by Crippen LogP contribution is 2.25. The first-order chi connectivity index (χ1) is 17.0. The minimum atomic E-state index is -1.01. The van der Waals surface area contributed by atoms with Gasteiger partial charge in [0.15, 0.2) is 0 Å². The van der Waals surface area contributed by atoms with Gasteiger partial charge in [-0.2, -0.15) is 0 Å². The zero-order valence-electron chi connectivity index (χ0n) is 20.3. The molecular weight excluding hydrogens is 433 g/mol. The molecule has 0 aliphatic heterocycles. The molecule has 5 heteroatoms. The van der Waals surface area contributed by atoms with Crippen LogP contribution in [0, 0.1) is 12.0 Å². The van der Waals surface area contributed by atoms with Crippen LogP contribution in [0.5, 0.6) is 11.5 Å². The molecule has 0 amide bonds. The van der Waals surface area contributed by atoms with Gasteiger partial charge in [0, 0.05) is 0 Å². The maximum Gasteiger partial charge on any atom is 0.873 e. The lowest BCUT2D eigenvalue weighted by molar-refractivity contribution is -0.862. The molecule has 35 heavy (non-hydrogen) atoms. The van der Waals surface area contributed by atoms with Crippen molar-refractivity contribution in [2.24, 2.45) is 0 Å². The minimum absolute atomic E-state index is 0.629. The lowest BCUT2D eigenvalue weighted by Gasteiger charge is -2.20. The maximum atomic E-state index is 6.00. The Morgan fingerprint density at radius 2 is 0.971 bits per heavy atom. The van der Waals surface area contributed by atoms with E-state index < -0.39 is 7.32 Å². The Labute approximate surface area is 208 Å². The van der Waals surface area contributed by atoms with Gasteiger partial charge in [0.25, 0.3) is 0 Å². The van der Waals surface area contributed by atoms with E-state index in [9.17, 15) is 0 Å². The molecule has 0 radical (unpaired) electrons. The molecule has 0 unspecified atom stereocenters. The Kier molecular flexibility index (Phi) is 7.77. The zero-order valence-corrected chi connectivity index (χ0v) is 20.3. The van der Waals surface area contributed by atoms with Crippen LogP contribution in [0.2, 0.25) is 0 Å². The molecule has 0 aliphatic rings. The molecule has 4 nitrogen and oxygen atoms in total. The Morgan fingerprint density at radius 1 is 0.571 bits per heavy atom. The van der Waals surface area contributed by atoms with Crippen LogP contribution in [0.3, 0.4) is 0 Å². The quantitative estimate of drug-likeness (QED) is 0.179. The van der Waals surface area contributed by atoms with E-state index in [1.54, 1.807) is 0 Å². The van der Waals surface area contributed by atoms with Crippen molar-refractivity contribution in [3.8, 4) is 45.8 Å². The fourth-order valence-corrected chi connectivity index (χ4v) is 3.37. The third-order valence-electron chi connectivity index (χ3n) is 5.17. The minimum Gasteiger partial charge on any atom is -0.489 e. The van der Waals surface area contributed by atoms with Gasteiger partial charge in [-0.1, -0.05) is 84.9 Å². The van der Waals surface area contributed by atoms with E-state index in [1.165, 1.54) is 0 Å². The summed E-state index contributed by atoms with van der Waals surface area (Å²) in [4.78, 5) is 0. The number of hydrogen-bond donors (Lipinski definition) is 0. The van der Waals surface area contributed by atoms with Gasteiger partial charge in [-0.05, 0) is 52.4 Å². The van der Waals surface area contributed by atoms with Crippen LogP contribution < -0.4 is 9.31 Å². The first kappa shape index (κ1) is 24.0. The van der Waals surface area contributed by atoms with Crippen molar-refractivity contribution < 1.29 is 18.4 Å². The maximum absolute atomic E-state index is 6.00. The molecule has 0 aliphatic carbocycles. The van der Waals surface area contributed by atoms with Crippen LogP contribution in [0.4, 0.5) is 0 Å². The van der Waals surface area contributed by atoms with Crippen molar-refractivity contribution in [3.63, 3.8) is 0 Å². The first-order valence-corrected chi connectivity index (χ1v) is 11.5. The predicted octanol–water partition coefficient (Wildman–Crippen LogP) is 6.15. The van der Waals surface area contributed by atoms with Gasteiger partial charge in [-0.25, -0.2) is 0 Å². The Morgan fingerprint density at radius 3 is 1.37 bits per heavy atom. The predicted molar refractivity (Wildman–Crippen MR) is 143 cm³/mol. The van der Waals surface area contributed by atoms with Crippen molar-refractivity contribution >= 4 is 7.32 Å². The summed E-state index contributed by atoms with van der Waals surface area (Å²) in [5.41, 5.74) is 4.51. The molecule has 0 heterocycles. The molecule has 4 aromatic rings. The van der Waals surface area contributed by atoms with Crippen LogP contribution in [0.25, 0.3) is 22.3 Å². The molecule has 0 atom stereocenters. The summed E-state index contributed by atoms with van der Waals surface area (Å²) in [6, 6.07) is 36.1. The highest BCUT2D eigenvalue weighted by atomic mass is 16.7. The summed E-state index contributed by atoms with van der Waals surface area (Å²) < 4.78 is 18.4. The summed E-state index contributed by atoms with van der Waals surface area (Å²) in [5, 5.41) is 0. The fraction of sp³-hybridized carbons (Fsp3) is 0.133. The highest BCUT2D eigenvalue weighted by molar-refractivity contribution is 6.39. The van der Waals surface area contributed by atoms with Gasteiger partial charge in [-0.3, -0.25) is 0 Å². The van der Waals surface area contributed by atoms with Gasteiger partial charge >= 0.3 is 7.32 Å². The second kappa shape index (κ2) is 11.3. The Balaban J connectivity index is 1.47. The molecule has 0 N–H and O–H groups in total. The number of quaternary nitrogens is 1. The molecule has 0 saturated carbocycles. The number of hydrogen-bond acceptors (Lipinski definition) is 3. The van der Waals surface area contributed by atoms with Crippen LogP contribution in [0.15, 0.2) is 109 Å². The normalized spacial score (nSPS) is 10.6. The van der Waals surface area contributed by atoms with Crippen molar-refractivity contribution in [1.82, 2.24) is 0 Å². The average Bonchev–Trinajstić information content (AvgIpc) is 2.88. The molecule has 4 aromatic carbocycles. The van der Waals surface area contributed by atoms with Crippen LogP contribution in [-0.2, 0) is 4.65 Å². The third kappa shape index (κ3) is 7.43. The van der Waals surface area contributed by atoms with Crippen molar-refractivity contribution in [1.29, 1.82) is 0 Å². The standard InChI is InChI=1S/C30H29BNO3/c1-32(2,3)23-10-24-33-31(34-29-19-15-27(16-20-29)25-11-6-4-7-12-25)35-30-21-17-28(18-22-30)26-13-8-5-9-14-26/h4-9,11-22H,23H2,1-3H3/q+1. The fourth-order valence-electron chi connectivity index (χ4n) is 3.37. The first-order valence-electron chi connectivity index (χ1n) is 11.5. The SMILES string of the molecule is C[N+](C)(C)CC#COB(Oc1ccc(-c2ccccc2)cc1)Oc1ccc(-c2ccccc2)cc1. The lowest BCUT2D eigenvalue weighted by Crippen LogP contribution is -2.35. The van der Waals surface area contributed by atoms with Crippen molar-refractivity contribution in [2.75, 3.05) is 27.7 Å². The van der Waals surface area contributed by atoms with E-state index in [-0.39, 0.29) is 0 Å². The molecule has 0 fully saturated rings. The molecule has 0 bridgehead atoms. The second-order valence-electron chi connectivity index (χ2n) is 9.15. The number of benzene rings is 4. The Bertz CT molecular complexity index is 1170. The second-order valence-corrected chi connectivity index (χ2v) is 9.15. The van der Waals surface area contributed by atoms with E-state index >= 15 is 0 Å². The van der Waals surface area contributed by atoms with Crippen LogP contribution >= 0.6 is 0 Å². The number of nitrogens with zero attached hydrogens (tertiary/aromatic N) is 1. The van der Waals surface area contributed by atoms with Crippen molar-refractivity contribution in [3.05, 3.63) is 109 Å². The largest absolute Gasteiger partial charge is 0.873 e. The van der Waals surface area contributed by atoms with Gasteiger partial charge in [-0.15, -0.1) is 0 Å². The van der Waals surface area contributed by atoms with E-state index in [1.807, 2.05) is 84.9 Å². The summed E-state index contributed by atoms with van der Waals surface area (Å²) in [7, 11) is 5.20. The summed E-state index contributed by atoms with van der Waals surface area (Å²) in [5.74, 6) is 4.29. The lowest BCUT2D eigenvalue weighted by atomic mass is 10.1. The summed E-state index contributed by atoms with van der Waals surface area (Å²) in [6.45, 7) is 0.643.